The van der Waals surface area contributed by atoms with E-state index >= 15 is 0 Å². The van der Waals surface area contributed by atoms with E-state index in [-0.39, 0.29) is 5.91 Å². The van der Waals surface area contributed by atoms with Crippen molar-refractivity contribution in [1.29, 1.82) is 0 Å². The van der Waals surface area contributed by atoms with Gasteiger partial charge in [-0.2, -0.15) is 0 Å². The third-order valence-electron chi connectivity index (χ3n) is 3.84. The molecule has 0 aliphatic carbocycles. The molecule has 0 saturated carbocycles. The molecular weight excluding hydrogens is 286 g/mol. The van der Waals surface area contributed by atoms with Crippen LogP contribution in [0.5, 0.6) is 0 Å². The maximum absolute atomic E-state index is 11.8. The number of nitrogens with one attached hydrogen (secondary N) is 1. The molecule has 1 unspecified atom stereocenters. The number of carbonyl (C=O) groups excluding carboxylic acids is 1. The number of carbonyl (C=O) groups is 1. The van der Waals surface area contributed by atoms with Crippen molar-refractivity contribution in [2.24, 2.45) is 0 Å². The highest BCUT2D eigenvalue weighted by atomic mass is 16.3. The van der Waals surface area contributed by atoms with Crippen LogP contribution >= 0.6 is 0 Å². The molecule has 2 N–H and O–H groups in total. The second-order valence-electron chi connectivity index (χ2n) is 5.99. The third kappa shape index (κ3) is 6.66. The molecule has 0 bridgehead atoms. The Bertz CT molecular complexity index is 593. The van der Waals surface area contributed by atoms with Crippen molar-refractivity contribution < 1.29 is 9.90 Å². The minimum Gasteiger partial charge on any atom is -0.391 e. The lowest BCUT2D eigenvalue weighted by Gasteiger charge is -2.12. The van der Waals surface area contributed by atoms with Crippen molar-refractivity contribution in [3.8, 4) is 0 Å². The van der Waals surface area contributed by atoms with Crippen molar-refractivity contribution in [1.82, 2.24) is 5.32 Å². The summed E-state index contributed by atoms with van der Waals surface area (Å²) in [5, 5.41) is 12.8. The van der Waals surface area contributed by atoms with Gasteiger partial charge in [0.15, 0.2) is 0 Å². The van der Waals surface area contributed by atoms with Crippen molar-refractivity contribution in [3.05, 3.63) is 71.3 Å². The highest BCUT2D eigenvalue weighted by molar-refractivity contribution is 5.75. The van der Waals surface area contributed by atoms with E-state index in [4.69, 9.17) is 0 Å². The zero-order valence-electron chi connectivity index (χ0n) is 13.7. The summed E-state index contributed by atoms with van der Waals surface area (Å²) in [5.41, 5.74) is 3.58. The van der Waals surface area contributed by atoms with Crippen LogP contribution in [-0.2, 0) is 17.6 Å². The van der Waals surface area contributed by atoms with Gasteiger partial charge < -0.3 is 10.4 Å². The number of benzene rings is 2. The van der Waals surface area contributed by atoms with Crippen molar-refractivity contribution in [2.45, 2.75) is 38.7 Å². The Hall–Kier alpha value is -2.13. The molecule has 1 amide bonds. The first-order chi connectivity index (χ1) is 11.1. The van der Waals surface area contributed by atoms with E-state index in [1.54, 1.807) is 0 Å². The van der Waals surface area contributed by atoms with E-state index < -0.39 is 6.10 Å². The van der Waals surface area contributed by atoms with Gasteiger partial charge in [-0.15, -0.1) is 0 Å². The fourth-order valence-corrected chi connectivity index (χ4v) is 2.49. The number of aryl methyl sites for hydroxylation is 2. The second kappa shape index (κ2) is 9.11. The molecule has 0 aliphatic heterocycles. The fraction of sp³-hybridized carbons (Fsp3) is 0.350. The Morgan fingerprint density at radius 2 is 1.74 bits per heavy atom. The van der Waals surface area contributed by atoms with Gasteiger partial charge in [-0.3, -0.25) is 4.79 Å². The smallest absolute Gasteiger partial charge is 0.220 e. The molecular formula is C20H25NO2. The number of rotatable bonds is 8. The zero-order chi connectivity index (χ0) is 16.5. The molecule has 1 atom stereocenters. The van der Waals surface area contributed by atoms with Gasteiger partial charge in [-0.05, 0) is 30.9 Å². The quantitative estimate of drug-likeness (QED) is 0.787. The molecule has 2 rings (SSSR count). The van der Waals surface area contributed by atoms with Gasteiger partial charge in [0.25, 0.3) is 0 Å². The van der Waals surface area contributed by atoms with Crippen LogP contribution in [0.15, 0.2) is 54.6 Å². The maximum Gasteiger partial charge on any atom is 0.220 e. The Morgan fingerprint density at radius 3 is 2.43 bits per heavy atom. The van der Waals surface area contributed by atoms with Crippen molar-refractivity contribution >= 4 is 5.91 Å². The minimum absolute atomic E-state index is 0.00391. The van der Waals surface area contributed by atoms with Crippen LogP contribution in [0.4, 0.5) is 0 Å². The lowest BCUT2D eigenvalue weighted by atomic mass is 10.1. The van der Waals surface area contributed by atoms with Crippen LogP contribution in [-0.4, -0.2) is 23.7 Å². The van der Waals surface area contributed by atoms with Gasteiger partial charge in [-0.25, -0.2) is 0 Å². The average molecular weight is 311 g/mol. The standard InChI is InChI=1S/C20H25NO2/c1-16-10-12-17(13-11-16)8-5-9-20(23)21-15-19(22)14-18-6-3-2-4-7-18/h2-4,6-7,10-13,19,22H,5,8-9,14-15H2,1H3,(H,21,23). The maximum atomic E-state index is 11.8. The summed E-state index contributed by atoms with van der Waals surface area (Å²) in [6.45, 7) is 2.37. The molecule has 122 valence electrons. The van der Waals surface area contributed by atoms with Gasteiger partial charge in [0, 0.05) is 19.4 Å². The van der Waals surface area contributed by atoms with Crippen LogP contribution in [0, 0.1) is 6.92 Å². The molecule has 3 heteroatoms. The van der Waals surface area contributed by atoms with Gasteiger partial charge in [0.05, 0.1) is 6.10 Å². The average Bonchev–Trinajstić information content (AvgIpc) is 2.56. The van der Waals surface area contributed by atoms with Crippen LogP contribution in [0.3, 0.4) is 0 Å². The summed E-state index contributed by atoms with van der Waals surface area (Å²) in [4.78, 5) is 11.8. The van der Waals surface area contributed by atoms with Crippen LogP contribution in [0.25, 0.3) is 0 Å². The summed E-state index contributed by atoms with van der Waals surface area (Å²) in [6.07, 6.45) is 2.24. The lowest BCUT2D eigenvalue weighted by Crippen LogP contribution is -2.33. The molecule has 0 spiro atoms. The van der Waals surface area contributed by atoms with E-state index in [0.717, 1.165) is 18.4 Å². The molecule has 0 aromatic heterocycles. The van der Waals surface area contributed by atoms with E-state index in [1.807, 2.05) is 30.3 Å². The fourth-order valence-electron chi connectivity index (χ4n) is 2.49. The molecule has 0 fully saturated rings. The molecule has 0 radical (unpaired) electrons. The number of aliphatic hydroxyl groups excluding tert-OH is 1. The minimum atomic E-state index is -0.543. The normalized spacial score (nSPS) is 11.9. The van der Waals surface area contributed by atoms with Gasteiger partial charge in [0.2, 0.25) is 5.91 Å². The Balaban J connectivity index is 1.62. The SMILES string of the molecule is Cc1ccc(CCCC(=O)NCC(O)Cc2ccccc2)cc1. The molecule has 23 heavy (non-hydrogen) atoms. The van der Waals surface area contributed by atoms with Crippen molar-refractivity contribution in [2.75, 3.05) is 6.54 Å². The number of hydrogen-bond donors (Lipinski definition) is 2. The van der Waals surface area contributed by atoms with E-state index in [1.165, 1.54) is 11.1 Å². The van der Waals surface area contributed by atoms with Crippen LogP contribution in [0.2, 0.25) is 0 Å². The Morgan fingerprint density at radius 1 is 1.04 bits per heavy atom. The molecule has 2 aromatic carbocycles. The predicted molar refractivity (Wildman–Crippen MR) is 93.3 cm³/mol. The molecule has 0 aliphatic rings. The number of hydrogen-bond acceptors (Lipinski definition) is 2. The highest BCUT2D eigenvalue weighted by Crippen LogP contribution is 2.07. The third-order valence-corrected chi connectivity index (χ3v) is 3.84. The first-order valence-corrected chi connectivity index (χ1v) is 8.18. The molecule has 3 nitrogen and oxygen atoms in total. The van der Waals surface area contributed by atoms with E-state index in [0.29, 0.717) is 19.4 Å². The lowest BCUT2D eigenvalue weighted by molar-refractivity contribution is -0.121. The summed E-state index contributed by atoms with van der Waals surface area (Å²) in [6, 6.07) is 18.2. The largest absolute Gasteiger partial charge is 0.391 e. The van der Waals surface area contributed by atoms with Crippen LogP contribution < -0.4 is 5.32 Å². The van der Waals surface area contributed by atoms with E-state index in [9.17, 15) is 9.90 Å². The van der Waals surface area contributed by atoms with Gasteiger partial charge >= 0.3 is 0 Å². The molecule has 0 saturated heterocycles. The molecule has 0 heterocycles. The Kier molecular flexibility index (Phi) is 6.82. The number of amides is 1. The first kappa shape index (κ1) is 17.2. The summed E-state index contributed by atoms with van der Waals surface area (Å²) >= 11 is 0. The second-order valence-corrected chi connectivity index (χ2v) is 5.99. The Labute approximate surface area is 138 Å². The zero-order valence-corrected chi connectivity index (χ0v) is 13.7. The topological polar surface area (TPSA) is 49.3 Å². The molecule has 2 aromatic rings. The number of aliphatic hydroxyl groups is 1. The monoisotopic (exact) mass is 311 g/mol. The first-order valence-electron chi connectivity index (χ1n) is 8.18. The van der Waals surface area contributed by atoms with Gasteiger partial charge in [-0.1, -0.05) is 60.2 Å². The van der Waals surface area contributed by atoms with E-state index in [2.05, 4.69) is 36.5 Å². The highest BCUT2D eigenvalue weighted by Gasteiger charge is 2.08. The van der Waals surface area contributed by atoms with Crippen molar-refractivity contribution in [3.63, 3.8) is 0 Å². The summed E-state index contributed by atoms with van der Waals surface area (Å²) in [5.74, 6) is 0.00391. The summed E-state index contributed by atoms with van der Waals surface area (Å²) < 4.78 is 0. The van der Waals surface area contributed by atoms with Crippen LogP contribution in [0.1, 0.15) is 29.5 Å². The predicted octanol–water partition coefficient (Wildman–Crippen LogP) is 3.04. The van der Waals surface area contributed by atoms with Gasteiger partial charge in [0.1, 0.15) is 0 Å². The summed E-state index contributed by atoms with van der Waals surface area (Å²) in [7, 11) is 0.